The molecule has 4 heteroatoms. The second-order valence-electron chi connectivity index (χ2n) is 5.18. The summed E-state index contributed by atoms with van der Waals surface area (Å²) in [7, 11) is 0. The second-order valence-corrected chi connectivity index (χ2v) is 5.18. The molecule has 0 atom stereocenters. The van der Waals surface area contributed by atoms with E-state index in [0.29, 0.717) is 6.61 Å². The number of esters is 1. The lowest BCUT2D eigenvalue weighted by Gasteiger charge is -2.10. The van der Waals surface area contributed by atoms with E-state index < -0.39 is 0 Å². The van der Waals surface area contributed by atoms with Crippen LogP contribution in [0.1, 0.15) is 38.2 Å². The summed E-state index contributed by atoms with van der Waals surface area (Å²) >= 11 is 0. The van der Waals surface area contributed by atoms with Crippen LogP contribution in [0.2, 0.25) is 0 Å². The van der Waals surface area contributed by atoms with E-state index in [9.17, 15) is 9.59 Å². The predicted molar refractivity (Wildman–Crippen MR) is 82.7 cm³/mol. The molecule has 0 aromatic heterocycles. The first-order chi connectivity index (χ1) is 10.2. The molecule has 0 heterocycles. The molecule has 0 bridgehead atoms. The smallest absolute Gasteiger partial charge is 0.330 e. The van der Waals surface area contributed by atoms with Crippen LogP contribution in [0.3, 0.4) is 0 Å². The van der Waals surface area contributed by atoms with Crippen LogP contribution >= 0.6 is 0 Å². The summed E-state index contributed by atoms with van der Waals surface area (Å²) in [5, 5.41) is 2.94. The fraction of sp³-hybridized carbons (Fsp3) is 0.412. The van der Waals surface area contributed by atoms with Crippen molar-refractivity contribution in [1.82, 2.24) is 0 Å². The van der Waals surface area contributed by atoms with Gasteiger partial charge in [-0.25, -0.2) is 4.79 Å². The van der Waals surface area contributed by atoms with Crippen molar-refractivity contribution in [1.29, 1.82) is 0 Å². The van der Waals surface area contributed by atoms with E-state index in [1.807, 2.05) is 24.3 Å². The predicted octanol–water partition coefficient (Wildman–Crippen LogP) is 3.39. The Morgan fingerprint density at radius 2 is 1.90 bits per heavy atom. The molecule has 1 aliphatic rings. The second kappa shape index (κ2) is 7.62. The summed E-state index contributed by atoms with van der Waals surface area (Å²) in [4.78, 5) is 23.2. The van der Waals surface area contributed by atoms with E-state index in [0.717, 1.165) is 36.9 Å². The SMILES string of the molecule is CCOC(=O)/C=C/c1ccc(NC(=O)C2CCCC2)cc1. The third-order valence-corrected chi connectivity index (χ3v) is 3.60. The van der Waals surface area contributed by atoms with E-state index in [1.165, 1.54) is 6.08 Å². The highest BCUT2D eigenvalue weighted by Gasteiger charge is 2.22. The van der Waals surface area contributed by atoms with E-state index >= 15 is 0 Å². The molecule has 1 amide bonds. The molecular weight excluding hydrogens is 266 g/mol. The van der Waals surface area contributed by atoms with Crippen molar-refractivity contribution in [2.45, 2.75) is 32.6 Å². The molecule has 1 saturated carbocycles. The first kappa shape index (κ1) is 15.3. The van der Waals surface area contributed by atoms with Crippen LogP contribution in [0.15, 0.2) is 30.3 Å². The van der Waals surface area contributed by atoms with Gasteiger partial charge < -0.3 is 10.1 Å². The van der Waals surface area contributed by atoms with Gasteiger partial charge in [0.1, 0.15) is 0 Å². The first-order valence-electron chi connectivity index (χ1n) is 7.45. The molecule has 0 radical (unpaired) electrons. The molecule has 2 rings (SSSR count). The number of hydrogen-bond acceptors (Lipinski definition) is 3. The maximum atomic E-state index is 12.0. The monoisotopic (exact) mass is 287 g/mol. The van der Waals surface area contributed by atoms with Gasteiger partial charge in [-0.15, -0.1) is 0 Å². The average Bonchev–Trinajstić information content (AvgIpc) is 3.01. The molecule has 0 saturated heterocycles. The summed E-state index contributed by atoms with van der Waals surface area (Å²) in [6.45, 7) is 2.14. The van der Waals surface area contributed by atoms with E-state index in [4.69, 9.17) is 4.74 Å². The minimum Gasteiger partial charge on any atom is -0.463 e. The average molecular weight is 287 g/mol. The highest BCUT2D eigenvalue weighted by Crippen LogP contribution is 2.26. The Labute approximate surface area is 125 Å². The Balaban J connectivity index is 1.89. The van der Waals surface area contributed by atoms with Gasteiger partial charge in [-0.2, -0.15) is 0 Å². The van der Waals surface area contributed by atoms with Crippen LogP contribution in [-0.2, 0) is 14.3 Å². The Kier molecular flexibility index (Phi) is 5.55. The highest BCUT2D eigenvalue weighted by atomic mass is 16.5. The van der Waals surface area contributed by atoms with Crippen molar-refractivity contribution < 1.29 is 14.3 Å². The quantitative estimate of drug-likeness (QED) is 0.667. The molecular formula is C17H21NO3. The maximum absolute atomic E-state index is 12.0. The third-order valence-electron chi connectivity index (χ3n) is 3.60. The van der Waals surface area contributed by atoms with E-state index in [2.05, 4.69) is 5.32 Å². The molecule has 0 unspecified atom stereocenters. The van der Waals surface area contributed by atoms with E-state index in [1.54, 1.807) is 13.0 Å². The van der Waals surface area contributed by atoms with E-state index in [-0.39, 0.29) is 17.8 Å². The van der Waals surface area contributed by atoms with Gasteiger partial charge in [-0.1, -0.05) is 25.0 Å². The zero-order valence-corrected chi connectivity index (χ0v) is 12.3. The lowest BCUT2D eigenvalue weighted by Crippen LogP contribution is -2.20. The van der Waals surface area contributed by atoms with Gasteiger partial charge >= 0.3 is 5.97 Å². The molecule has 0 spiro atoms. The number of rotatable bonds is 5. The van der Waals surface area contributed by atoms with Crippen LogP contribution in [0.4, 0.5) is 5.69 Å². The molecule has 1 N–H and O–H groups in total. The van der Waals surface area contributed by atoms with Crippen LogP contribution in [0.5, 0.6) is 0 Å². The van der Waals surface area contributed by atoms with Crippen LogP contribution in [0, 0.1) is 5.92 Å². The van der Waals surface area contributed by atoms with Crippen molar-refractivity contribution in [3.63, 3.8) is 0 Å². The van der Waals surface area contributed by atoms with Gasteiger partial charge in [0.05, 0.1) is 6.61 Å². The number of ether oxygens (including phenoxy) is 1. The van der Waals surface area contributed by atoms with Gasteiger partial charge in [-0.05, 0) is 43.5 Å². The Bertz CT molecular complexity index is 513. The van der Waals surface area contributed by atoms with Gasteiger partial charge in [0.2, 0.25) is 5.91 Å². The Hall–Kier alpha value is -2.10. The molecule has 4 nitrogen and oxygen atoms in total. The minimum atomic E-state index is -0.351. The molecule has 21 heavy (non-hydrogen) atoms. The van der Waals surface area contributed by atoms with Crippen molar-refractivity contribution >= 4 is 23.6 Å². The summed E-state index contributed by atoms with van der Waals surface area (Å²) in [5.74, 6) is -0.0770. The molecule has 1 aliphatic carbocycles. The fourth-order valence-corrected chi connectivity index (χ4v) is 2.46. The molecule has 0 aliphatic heterocycles. The van der Waals surface area contributed by atoms with Crippen molar-refractivity contribution in [2.75, 3.05) is 11.9 Å². The third kappa shape index (κ3) is 4.74. The molecule has 112 valence electrons. The minimum absolute atomic E-state index is 0.113. The first-order valence-corrected chi connectivity index (χ1v) is 7.45. The number of nitrogens with one attached hydrogen (secondary N) is 1. The largest absolute Gasteiger partial charge is 0.463 e. The lowest BCUT2D eigenvalue weighted by molar-refractivity contribution is -0.137. The standard InChI is InChI=1S/C17H21NO3/c1-2-21-16(19)12-9-13-7-10-15(11-8-13)18-17(20)14-5-3-4-6-14/h7-12,14H,2-6H2,1H3,(H,18,20)/b12-9+. The summed E-state index contributed by atoms with van der Waals surface area (Å²) < 4.78 is 4.81. The number of carbonyl (C=O) groups excluding carboxylic acids is 2. The van der Waals surface area contributed by atoms with Crippen LogP contribution < -0.4 is 5.32 Å². The lowest BCUT2D eigenvalue weighted by atomic mass is 10.1. The van der Waals surface area contributed by atoms with Gasteiger partial charge in [0, 0.05) is 17.7 Å². The highest BCUT2D eigenvalue weighted by molar-refractivity contribution is 5.93. The zero-order valence-electron chi connectivity index (χ0n) is 12.3. The van der Waals surface area contributed by atoms with Crippen molar-refractivity contribution in [2.24, 2.45) is 5.92 Å². The fourth-order valence-electron chi connectivity index (χ4n) is 2.46. The Morgan fingerprint density at radius 3 is 2.52 bits per heavy atom. The maximum Gasteiger partial charge on any atom is 0.330 e. The molecule has 1 aromatic carbocycles. The molecule has 1 aromatic rings. The van der Waals surface area contributed by atoms with Gasteiger partial charge in [-0.3, -0.25) is 4.79 Å². The van der Waals surface area contributed by atoms with Crippen LogP contribution in [0.25, 0.3) is 6.08 Å². The van der Waals surface area contributed by atoms with Gasteiger partial charge in [0.15, 0.2) is 0 Å². The number of hydrogen-bond donors (Lipinski definition) is 1. The summed E-state index contributed by atoms with van der Waals surface area (Å²) in [5.41, 5.74) is 1.68. The zero-order chi connectivity index (χ0) is 15.1. The van der Waals surface area contributed by atoms with Gasteiger partial charge in [0.25, 0.3) is 0 Å². The number of anilines is 1. The Morgan fingerprint density at radius 1 is 1.24 bits per heavy atom. The van der Waals surface area contributed by atoms with Crippen molar-refractivity contribution in [3.05, 3.63) is 35.9 Å². The normalized spacial score (nSPS) is 15.3. The summed E-state index contributed by atoms with van der Waals surface area (Å²) in [6.07, 6.45) is 7.37. The number of amides is 1. The topological polar surface area (TPSA) is 55.4 Å². The van der Waals surface area contributed by atoms with Crippen molar-refractivity contribution in [3.8, 4) is 0 Å². The number of carbonyl (C=O) groups is 2. The molecule has 1 fully saturated rings. The van der Waals surface area contributed by atoms with Crippen LogP contribution in [-0.4, -0.2) is 18.5 Å². The number of benzene rings is 1. The summed E-state index contributed by atoms with van der Waals surface area (Å²) in [6, 6.07) is 7.41.